The summed E-state index contributed by atoms with van der Waals surface area (Å²) in [5.74, 6) is -3.06. The van der Waals surface area contributed by atoms with Crippen LogP contribution in [0.2, 0.25) is 0 Å². The van der Waals surface area contributed by atoms with Crippen molar-refractivity contribution in [3.8, 4) is 11.4 Å². The van der Waals surface area contributed by atoms with E-state index < -0.39 is 52.4 Å². The first kappa shape index (κ1) is 33.9. The van der Waals surface area contributed by atoms with Crippen LogP contribution in [0.5, 0.6) is 5.75 Å². The van der Waals surface area contributed by atoms with Gasteiger partial charge >= 0.3 is 11.9 Å². The summed E-state index contributed by atoms with van der Waals surface area (Å²) < 4.78 is 42.8. The summed E-state index contributed by atoms with van der Waals surface area (Å²) >= 11 is 6.81. The average Bonchev–Trinajstić information content (AvgIpc) is 3.76. The molecule has 1 saturated heterocycles. The second kappa shape index (κ2) is 13.7. The molecular weight excluding hydrogens is 693 g/mol. The van der Waals surface area contributed by atoms with E-state index in [2.05, 4.69) is 0 Å². The van der Waals surface area contributed by atoms with Crippen molar-refractivity contribution in [3.05, 3.63) is 85.9 Å². The smallest absolute Gasteiger partial charge is 0.323 e. The molecule has 0 aliphatic carbocycles. The van der Waals surface area contributed by atoms with Gasteiger partial charge in [-0.15, -0.1) is 11.3 Å². The van der Waals surface area contributed by atoms with Gasteiger partial charge in [0.1, 0.15) is 27.0 Å². The third-order valence-electron chi connectivity index (χ3n) is 6.78. The summed E-state index contributed by atoms with van der Waals surface area (Å²) in [4.78, 5) is 51.7. The van der Waals surface area contributed by atoms with Crippen LogP contribution in [-0.4, -0.2) is 78.2 Å². The number of carbonyl (C=O) groups is 3. The van der Waals surface area contributed by atoms with Gasteiger partial charge in [0.05, 0.1) is 20.3 Å². The highest BCUT2D eigenvalue weighted by Crippen LogP contribution is 2.40. The molecule has 5 rings (SSSR count). The first-order chi connectivity index (χ1) is 22.2. The van der Waals surface area contributed by atoms with E-state index in [1.165, 1.54) is 6.08 Å². The third kappa shape index (κ3) is 7.74. The Labute approximate surface area is 280 Å². The lowest BCUT2D eigenvalue weighted by Crippen LogP contribution is -2.36. The molecule has 2 aliphatic heterocycles. The molecule has 18 heteroatoms. The molecule has 1 amide bonds. The topological polar surface area (TPSA) is 192 Å². The number of carbonyl (C=O) groups excluding carboxylic acids is 1. The van der Waals surface area contributed by atoms with Crippen molar-refractivity contribution in [1.29, 1.82) is 0 Å². The van der Waals surface area contributed by atoms with Gasteiger partial charge in [-0.05, 0) is 61.4 Å². The number of nitrogens with zero attached hydrogens (tertiary/aromatic N) is 4. The SMILES string of the molecule is CC(=CC=C1Oc2ccc(-n3cccc3)cc2N1CCCS(=O)(=O)[O-])C=c1s/c(=C2/SC(=S)N(CC(=O)O)C2=O)n(CC(=O)O)c1=O. The molecule has 3 aromatic rings. The van der Waals surface area contributed by atoms with E-state index in [1.807, 2.05) is 41.2 Å². The Kier molecular flexibility index (Phi) is 9.87. The van der Waals surface area contributed by atoms with Gasteiger partial charge in [0.15, 0.2) is 5.75 Å². The van der Waals surface area contributed by atoms with Crippen molar-refractivity contribution in [3.63, 3.8) is 0 Å². The van der Waals surface area contributed by atoms with Gasteiger partial charge in [0, 0.05) is 30.4 Å². The maximum Gasteiger partial charge on any atom is 0.323 e. The Bertz CT molecular complexity index is 2150. The van der Waals surface area contributed by atoms with Gasteiger partial charge < -0.3 is 29.0 Å². The monoisotopic (exact) mass is 717 g/mol. The van der Waals surface area contributed by atoms with E-state index in [9.17, 15) is 37.3 Å². The normalized spacial score (nSPS) is 17.5. The molecule has 2 aromatic heterocycles. The molecule has 47 heavy (non-hydrogen) atoms. The quantitative estimate of drug-likeness (QED) is 0.213. The van der Waals surface area contributed by atoms with Crippen molar-refractivity contribution >= 4 is 84.3 Å². The molecule has 4 heterocycles. The predicted molar refractivity (Wildman–Crippen MR) is 178 cm³/mol. The highest BCUT2D eigenvalue weighted by atomic mass is 32.2. The third-order valence-corrected chi connectivity index (χ3v) is 10.3. The van der Waals surface area contributed by atoms with Crippen LogP contribution in [0.3, 0.4) is 0 Å². The number of thiazole rings is 1. The van der Waals surface area contributed by atoms with Crippen LogP contribution < -0.4 is 24.4 Å². The molecule has 246 valence electrons. The van der Waals surface area contributed by atoms with E-state index >= 15 is 0 Å². The largest absolute Gasteiger partial charge is 0.748 e. The number of benzene rings is 1. The number of hydrogen-bond donors (Lipinski definition) is 2. The number of ether oxygens (including phenoxy) is 1. The Morgan fingerprint density at radius 2 is 1.79 bits per heavy atom. The number of fused-ring (bicyclic) bond motifs is 1. The number of carboxylic acid groups (broad SMARTS) is 2. The van der Waals surface area contributed by atoms with Crippen LogP contribution >= 0.6 is 35.3 Å². The van der Waals surface area contributed by atoms with Gasteiger partial charge in [-0.1, -0.05) is 30.1 Å². The van der Waals surface area contributed by atoms with Crippen LogP contribution in [-0.2, 0) is 31.0 Å². The Morgan fingerprint density at radius 3 is 2.45 bits per heavy atom. The van der Waals surface area contributed by atoms with Crippen molar-refractivity contribution < 1.29 is 42.3 Å². The summed E-state index contributed by atoms with van der Waals surface area (Å²) in [6.07, 6.45) is 8.53. The summed E-state index contributed by atoms with van der Waals surface area (Å²) in [6.45, 7) is 0.427. The Morgan fingerprint density at radius 1 is 1.09 bits per heavy atom. The van der Waals surface area contributed by atoms with Gasteiger partial charge in [0.25, 0.3) is 11.5 Å². The zero-order valence-corrected chi connectivity index (χ0v) is 27.7. The fraction of sp³-hybridized carbons (Fsp3) is 0.207. The van der Waals surface area contributed by atoms with Gasteiger partial charge in [-0.2, -0.15) is 0 Å². The number of thioether (sulfide) groups is 1. The lowest BCUT2D eigenvalue weighted by Gasteiger charge is -2.19. The first-order valence-corrected chi connectivity index (χ1v) is 17.3. The summed E-state index contributed by atoms with van der Waals surface area (Å²) in [5.41, 5.74) is 1.36. The minimum absolute atomic E-state index is 0.0289. The second-order valence-electron chi connectivity index (χ2n) is 10.2. The Hall–Kier alpha value is -4.49. The van der Waals surface area contributed by atoms with Crippen molar-refractivity contribution in [2.45, 2.75) is 19.9 Å². The molecular formula is C29H25N4O10S4-. The van der Waals surface area contributed by atoms with Crippen molar-refractivity contribution in [2.24, 2.45) is 0 Å². The number of rotatable bonds is 11. The molecule has 2 N–H and O–H groups in total. The molecule has 0 radical (unpaired) electrons. The van der Waals surface area contributed by atoms with Crippen molar-refractivity contribution in [2.75, 3.05) is 23.7 Å². The van der Waals surface area contributed by atoms with Gasteiger partial charge in [-0.25, -0.2) is 8.42 Å². The number of amides is 1. The summed E-state index contributed by atoms with van der Waals surface area (Å²) in [5, 5.41) is 18.6. The van der Waals surface area contributed by atoms with E-state index in [4.69, 9.17) is 22.1 Å². The molecule has 0 bridgehead atoms. The lowest BCUT2D eigenvalue weighted by atomic mass is 10.2. The maximum atomic E-state index is 13.3. The second-order valence-corrected chi connectivity index (χ2v) is 14.4. The van der Waals surface area contributed by atoms with Crippen LogP contribution in [0, 0.1) is 0 Å². The standard InChI is InChI=1S/C29H26N4O10S4/c1-17(13-21-26(38)32(15-23(34)35)28(45-21)25-27(39)33(16-24(36)37)29(44)46-25)5-8-22-31(11-4-12-47(40,41)42)19-14-18(6-7-20(19)43-22)30-9-2-3-10-30/h2-3,5-10,13-14H,4,11-12,15-16H2,1H3,(H,34,35)(H,36,37)(H,40,41,42)/p-1/b17-5?,21-13?,22-8?,28-25+. The van der Waals surface area contributed by atoms with E-state index in [0.29, 0.717) is 22.9 Å². The number of anilines is 1. The predicted octanol–water partition coefficient (Wildman–Crippen LogP) is 1.24. The molecule has 0 saturated carbocycles. The zero-order valence-electron chi connectivity index (χ0n) is 24.4. The fourth-order valence-corrected chi connectivity index (χ4v) is 7.78. The molecule has 14 nitrogen and oxygen atoms in total. The van der Waals surface area contributed by atoms with Crippen LogP contribution in [0.4, 0.5) is 5.69 Å². The highest BCUT2D eigenvalue weighted by molar-refractivity contribution is 8.30. The van der Waals surface area contributed by atoms with Crippen LogP contribution in [0.15, 0.2) is 71.1 Å². The molecule has 1 fully saturated rings. The first-order valence-electron chi connectivity index (χ1n) is 13.7. The number of thiocarbonyl (C=S) groups is 1. The van der Waals surface area contributed by atoms with Crippen LogP contribution in [0.25, 0.3) is 16.7 Å². The van der Waals surface area contributed by atoms with E-state index in [0.717, 1.165) is 38.3 Å². The number of carboxylic acids is 2. The number of allylic oxidation sites excluding steroid dienone is 3. The van der Waals surface area contributed by atoms with E-state index in [1.54, 1.807) is 30.0 Å². The highest BCUT2D eigenvalue weighted by Gasteiger charge is 2.35. The fourth-order valence-electron chi connectivity index (χ4n) is 4.73. The number of hydrogen-bond acceptors (Lipinski definition) is 12. The minimum atomic E-state index is -4.43. The van der Waals surface area contributed by atoms with Crippen LogP contribution in [0.1, 0.15) is 13.3 Å². The van der Waals surface area contributed by atoms with Gasteiger partial charge in [-0.3, -0.25) is 28.6 Å². The maximum absolute atomic E-state index is 13.3. The van der Waals surface area contributed by atoms with Crippen molar-refractivity contribution in [1.82, 2.24) is 14.0 Å². The molecule has 0 spiro atoms. The molecule has 2 aliphatic rings. The zero-order chi connectivity index (χ0) is 34.0. The summed E-state index contributed by atoms with van der Waals surface area (Å²) in [7, 11) is -4.43. The Balaban J connectivity index is 1.52. The number of aliphatic carboxylic acids is 2. The molecule has 0 atom stereocenters. The minimum Gasteiger partial charge on any atom is -0.748 e. The number of aromatic nitrogens is 2. The summed E-state index contributed by atoms with van der Waals surface area (Å²) in [6, 6.07) is 9.23. The average molecular weight is 718 g/mol. The van der Waals surface area contributed by atoms with E-state index in [-0.39, 0.29) is 31.4 Å². The lowest BCUT2D eigenvalue weighted by molar-refractivity contribution is -0.140. The molecule has 0 unspecified atom stereocenters. The van der Waals surface area contributed by atoms with Gasteiger partial charge in [0.2, 0.25) is 5.88 Å². The molecule has 1 aromatic carbocycles.